The number of allylic oxidation sites excluding steroid dienone is 2. The van der Waals surface area contributed by atoms with E-state index in [9.17, 15) is 0 Å². The summed E-state index contributed by atoms with van der Waals surface area (Å²) in [6, 6.07) is 4.12. The largest absolute Gasteiger partial charge is 0.330 e. The lowest BCUT2D eigenvalue weighted by molar-refractivity contribution is 0.307. The van der Waals surface area contributed by atoms with Crippen molar-refractivity contribution in [3.63, 3.8) is 0 Å². The first-order valence-electron chi connectivity index (χ1n) is 10.2. The first-order valence-corrected chi connectivity index (χ1v) is 10.2. The maximum absolute atomic E-state index is 5.93. The second-order valence-electron chi connectivity index (χ2n) is 8.36. The lowest BCUT2D eigenvalue weighted by Crippen LogP contribution is -2.36. The van der Waals surface area contributed by atoms with E-state index in [0.717, 1.165) is 79.5 Å². The van der Waals surface area contributed by atoms with Crippen molar-refractivity contribution in [1.29, 1.82) is 0 Å². The number of anilines is 1. The molecule has 0 spiro atoms. The zero-order chi connectivity index (χ0) is 19.1. The molecule has 144 valence electrons. The molecule has 2 aromatic rings. The third kappa shape index (κ3) is 2.92. The molecule has 28 heavy (non-hydrogen) atoms. The third-order valence-electron chi connectivity index (χ3n) is 6.30. The summed E-state index contributed by atoms with van der Waals surface area (Å²) in [6.45, 7) is 4.55. The summed E-state index contributed by atoms with van der Waals surface area (Å²) in [5, 5.41) is 0. The summed E-state index contributed by atoms with van der Waals surface area (Å²) >= 11 is 0. The van der Waals surface area contributed by atoms with E-state index < -0.39 is 0 Å². The van der Waals surface area contributed by atoms with E-state index in [1.807, 2.05) is 18.5 Å². The molecule has 0 aromatic carbocycles. The number of aliphatic imine (C=N–C) groups is 1. The van der Waals surface area contributed by atoms with Gasteiger partial charge in [0.1, 0.15) is 5.69 Å². The van der Waals surface area contributed by atoms with Gasteiger partial charge >= 0.3 is 0 Å². The normalized spacial score (nSPS) is 23.7. The molecule has 1 atom stereocenters. The number of amidine groups is 1. The average Bonchev–Trinajstić information content (AvgIpc) is 3.17. The highest BCUT2D eigenvalue weighted by atomic mass is 15.2. The lowest BCUT2D eigenvalue weighted by atomic mass is 9.76. The standard InChI is InChI=1S/C22H26N6/c1-22(14-23)8-6-15(7-9-22)17-12-25-20-18(27-17)13-26-21(20)28-11-3-4-16-19(28)5-2-10-24-16/h2,5-6,10,12H,3-4,7-9,11,13-14,23H2,1H3/t22-/m0/s1. The maximum Gasteiger partial charge on any atom is 0.156 e. The van der Waals surface area contributed by atoms with Crippen LogP contribution in [0.4, 0.5) is 5.69 Å². The van der Waals surface area contributed by atoms with Crippen molar-refractivity contribution < 1.29 is 0 Å². The molecule has 0 radical (unpaired) electrons. The number of rotatable bonds is 2. The van der Waals surface area contributed by atoms with Gasteiger partial charge < -0.3 is 10.6 Å². The van der Waals surface area contributed by atoms with Gasteiger partial charge in [0.2, 0.25) is 0 Å². The number of nitrogens with two attached hydrogens (primary N) is 1. The van der Waals surface area contributed by atoms with Crippen LogP contribution in [0.5, 0.6) is 0 Å². The third-order valence-corrected chi connectivity index (χ3v) is 6.30. The van der Waals surface area contributed by atoms with Crippen molar-refractivity contribution >= 4 is 17.1 Å². The number of hydrogen-bond acceptors (Lipinski definition) is 6. The first-order chi connectivity index (χ1) is 13.7. The van der Waals surface area contributed by atoms with Crippen LogP contribution in [0.25, 0.3) is 5.57 Å². The van der Waals surface area contributed by atoms with Crippen molar-refractivity contribution in [3.05, 3.63) is 53.4 Å². The van der Waals surface area contributed by atoms with Gasteiger partial charge in [-0.15, -0.1) is 0 Å². The van der Waals surface area contributed by atoms with E-state index in [1.165, 1.54) is 5.57 Å². The van der Waals surface area contributed by atoms with Crippen molar-refractivity contribution in [2.24, 2.45) is 16.1 Å². The summed E-state index contributed by atoms with van der Waals surface area (Å²) in [4.78, 5) is 21.3. The predicted molar refractivity (Wildman–Crippen MR) is 111 cm³/mol. The number of fused-ring (bicyclic) bond motifs is 2. The van der Waals surface area contributed by atoms with Gasteiger partial charge in [-0.25, -0.2) is 9.97 Å². The van der Waals surface area contributed by atoms with Crippen LogP contribution >= 0.6 is 0 Å². The Bertz CT molecular complexity index is 979. The fourth-order valence-corrected chi connectivity index (χ4v) is 4.36. The van der Waals surface area contributed by atoms with Crippen molar-refractivity contribution in [1.82, 2.24) is 15.0 Å². The molecule has 0 amide bonds. The molecule has 1 aliphatic carbocycles. The van der Waals surface area contributed by atoms with Crippen LogP contribution in [0.2, 0.25) is 0 Å². The fraction of sp³-hybridized carbons (Fsp3) is 0.455. The van der Waals surface area contributed by atoms with Gasteiger partial charge in [-0.1, -0.05) is 13.0 Å². The molecule has 0 saturated carbocycles. The van der Waals surface area contributed by atoms with Gasteiger partial charge in [0, 0.05) is 12.7 Å². The highest BCUT2D eigenvalue weighted by molar-refractivity contribution is 6.11. The minimum atomic E-state index is 0.222. The van der Waals surface area contributed by atoms with Crippen LogP contribution in [0.15, 0.2) is 35.6 Å². The molecule has 0 unspecified atom stereocenters. The van der Waals surface area contributed by atoms with Crippen LogP contribution in [-0.2, 0) is 13.0 Å². The Morgan fingerprint density at radius 3 is 2.96 bits per heavy atom. The van der Waals surface area contributed by atoms with Gasteiger partial charge in [-0.05, 0) is 61.8 Å². The van der Waals surface area contributed by atoms with Gasteiger partial charge in [0.15, 0.2) is 5.84 Å². The Kier molecular flexibility index (Phi) is 4.23. The predicted octanol–water partition coefficient (Wildman–Crippen LogP) is 3.12. The molecule has 3 aliphatic rings. The van der Waals surface area contributed by atoms with E-state index in [2.05, 4.69) is 29.0 Å². The minimum Gasteiger partial charge on any atom is -0.330 e. The highest BCUT2D eigenvalue weighted by Gasteiger charge is 2.30. The van der Waals surface area contributed by atoms with E-state index in [-0.39, 0.29) is 5.41 Å². The molecular weight excluding hydrogens is 348 g/mol. The van der Waals surface area contributed by atoms with Crippen molar-refractivity contribution in [2.75, 3.05) is 18.0 Å². The first kappa shape index (κ1) is 17.5. The van der Waals surface area contributed by atoms with E-state index in [4.69, 9.17) is 20.7 Å². The number of pyridine rings is 1. The maximum atomic E-state index is 5.93. The molecule has 0 fully saturated rings. The van der Waals surface area contributed by atoms with Gasteiger partial charge in [-0.3, -0.25) is 9.98 Å². The Balaban J connectivity index is 1.42. The summed E-state index contributed by atoms with van der Waals surface area (Å²) < 4.78 is 0. The molecule has 0 saturated heterocycles. The van der Waals surface area contributed by atoms with Crippen LogP contribution in [-0.4, -0.2) is 33.9 Å². The summed E-state index contributed by atoms with van der Waals surface area (Å²) in [7, 11) is 0. The van der Waals surface area contributed by atoms with Crippen LogP contribution in [0.1, 0.15) is 55.4 Å². The lowest BCUT2D eigenvalue weighted by Gasteiger charge is -2.31. The second kappa shape index (κ2) is 6.78. The molecular formula is C22H26N6. The van der Waals surface area contributed by atoms with Crippen LogP contribution in [0, 0.1) is 5.41 Å². The molecule has 5 rings (SSSR count). The van der Waals surface area contributed by atoms with Gasteiger partial charge in [-0.2, -0.15) is 0 Å². The highest BCUT2D eigenvalue weighted by Crippen LogP contribution is 2.37. The van der Waals surface area contributed by atoms with Gasteiger partial charge in [0.25, 0.3) is 0 Å². The number of aryl methyl sites for hydroxylation is 1. The number of aromatic nitrogens is 3. The molecule has 2 aliphatic heterocycles. The summed E-state index contributed by atoms with van der Waals surface area (Å²) in [5.41, 5.74) is 12.6. The molecule has 0 bridgehead atoms. The quantitative estimate of drug-likeness (QED) is 0.874. The SMILES string of the molecule is C[C@]1(CN)CC=C(c2cnc3c(n2)CN=C3N2CCCc3ncccc32)CC1. The minimum absolute atomic E-state index is 0.222. The molecule has 2 N–H and O–H groups in total. The van der Waals surface area contributed by atoms with E-state index >= 15 is 0 Å². The smallest absolute Gasteiger partial charge is 0.156 e. The zero-order valence-corrected chi connectivity index (χ0v) is 16.4. The molecule has 2 aromatic heterocycles. The number of hydrogen-bond donors (Lipinski definition) is 1. The summed E-state index contributed by atoms with van der Waals surface area (Å²) in [6.07, 6.45) is 11.3. The fourth-order valence-electron chi connectivity index (χ4n) is 4.36. The zero-order valence-electron chi connectivity index (χ0n) is 16.4. The second-order valence-corrected chi connectivity index (χ2v) is 8.36. The Morgan fingerprint density at radius 2 is 2.14 bits per heavy atom. The molecule has 6 heteroatoms. The van der Waals surface area contributed by atoms with E-state index in [1.54, 1.807) is 0 Å². The summed E-state index contributed by atoms with van der Waals surface area (Å²) in [5.74, 6) is 0.941. The van der Waals surface area contributed by atoms with Crippen LogP contribution in [0.3, 0.4) is 0 Å². The van der Waals surface area contributed by atoms with Crippen LogP contribution < -0.4 is 10.6 Å². The van der Waals surface area contributed by atoms with E-state index in [0.29, 0.717) is 6.54 Å². The van der Waals surface area contributed by atoms with Gasteiger partial charge in [0.05, 0.1) is 35.5 Å². The van der Waals surface area contributed by atoms with Crippen molar-refractivity contribution in [3.8, 4) is 0 Å². The Morgan fingerprint density at radius 1 is 1.21 bits per heavy atom. The Hall–Kier alpha value is -2.60. The van der Waals surface area contributed by atoms with Crippen molar-refractivity contribution in [2.45, 2.75) is 45.6 Å². The average molecular weight is 374 g/mol. The molecule has 6 nitrogen and oxygen atoms in total. The number of nitrogens with zero attached hydrogens (tertiary/aromatic N) is 5. The monoisotopic (exact) mass is 374 g/mol. The molecule has 4 heterocycles. The Labute approximate surface area is 165 Å². The topological polar surface area (TPSA) is 80.3 Å².